The summed E-state index contributed by atoms with van der Waals surface area (Å²) < 4.78 is 62.0. The summed E-state index contributed by atoms with van der Waals surface area (Å²) >= 11 is 7.11. The van der Waals surface area contributed by atoms with Gasteiger partial charge in [0.15, 0.2) is 0 Å². The summed E-state index contributed by atoms with van der Waals surface area (Å²) in [6, 6.07) is 6.86. The Bertz CT molecular complexity index is 1520. The number of amides is 2. The van der Waals surface area contributed by atoms with Crippen molar-refractivity contribution in [3.63, 3.8) is 0 Å². The van der Waals surface area contributed by atoms with Gasteiger partial charge in [0.2, 0.25) is 31.9 Å². The van der Waals surface area contributed by atoms with E-state index in [1.165, 1.54) is 35.5 Å². The van der Waals surface area contributed by atoms with Crippen molar-refractivity contribution in [2.75, 3.05) is 33.3 Å². The lowest BCUT2D eigenvalue weighted by Crippen LogP contribution is -2.55. The minimum Gasteiger partial charge on any atom is -0.495 e. The number of nitrogens with zero attached hydrogens (tertiary/aromatic N) is 2. The van der Waals surface area contributed by atoms with Crippen LogP contribution in [0.1, 0.15) is 36.1 Å². The number of benzene rings is 1. The van der Waals surface area contributed by atoms with Gasteiger partial charge in [0, 0.05) is 36.0 Å². The van der Waals surface area contributed by atoms with E-state index in [2.05, 4.69) is 9.44 Å². The van der Waals surface area contributed by atoms with Crippen molar-refractivity contribution in [3.05, 3.63) is 50.5 Å². The maximum atomic E-state index is 13.2. The van der Waals surface area contributed by atoms with Crippen LogP contribution in [0.2, 0.25) is 4.34 Å². The third-order valence-electron chi connectivity index (χ3n) is 6.98. The first-order chi connectivity index (χ1) is 19.4. The zero-order valence-corrected chi connectivity index (χ0v) is 25.9. The molecule has 11 nitrogen and oxygen atoms in total. The number of thiophene rings is 1. The number of sulfonamides is 2. The zero-order valence-electron chi connectivity index (χ0n) is 22.7. The maximum absolute atomic E-state index is 13.2. The summed E-state index contributed by atoms with van der Waals surface area (Å²) in [6.45, 7) is 2.35. The highest BCUT2D eigenvalue weighted by molar-refractivity contribution is 7.92. The Balaban J connectivity index is 1.35. The Morgan fingerprint density at radius 2 is 1.90 bits per heavy atom. The molecule has 0 aliphatic carbocycles. The third-order valence-corrected chi connectivity index (χ3v) is 10.7. The molecule has 2 aromatic rings. The first-order valence-electron chi connectivity index (χ1n) is 13.1. The molecule has 0 spiro atoms. The molecule has 2 saturated heterocycles. The van der Waals surface area contributed by atoms with Crippen molar-refractivity contribution < 1.29 is 31.2 Å². The van der Waals surface area contributed by atoms with E-state index in [4.69, 9.17) is 16.3 Å². The van der Waals surface area contributed by atoms with Crippen LogP contribution in [0, 0.1) is 6.92 Å². The second-order valence-electron chi connectivity index (χ2n) is 9.95. The fourth-order valence-corrected chi connectivity index (χ4v) is 8.32. The normalized spacial score (nSPS) is 20.2. The quantitative estimate of drug-likeness (QED) is 0.383. The van der Waals surface area contributed by atoms with Gasteiger partial charge < -0.3 is 14.5 Å². The van der Waals surface area contributed by atoms with Crippen LogP contribution in [0.25, 0.3) is 6.08 Å². The Hall–Kier alpha value is -2.49. The Labute approximate surface area is 249 Å². The van der Waals surface area contributed by atoms with Gasteiger partial charge in [-0.1, -0.05) is 17.7 Å². The molecule has 41 heavy (non-hydrogen) atoms. The van der Waals surface area contributed by atoms with Gasteiger partial charge in [-0.15, -0.1) is 11.3 Å². The van der Waals surface area contributed by atoms with E-state index in [-0.39, 0.29) is 35.7 Å². The predicted molar refractivity (Wildman–Crippen MR) is 158 cm³/mol. The summed E-state index contributed by atoms with van der Waals surface area (Å²) in [7, 11) is -6.41. The molecule has 2 fully saturated rings. The monoisotopic (exact) mass is 644 g/mol. The number of rotatable bonds is 11. The molecule has 0 radical (unpaired) electrons. The fraction of sp³-hybridized carbons (Fsp3) is 0.462. The van der Waals surface area contributed by atoms with Gasteiger partial charge in [0.25, 0.3) is 0 Å². The van der Waals surface area contributed by atoms with Gasteiger partial charge in [-0.05, 0) is 68.5 Å². The number of methoxy groups -OCH3 is 1. The van der Waals surface area contributed by atoms with Crippen LogP contribution in [-0.2, 0) is 29.6 Å². The first kappa shape index (κ1) is 31.4. The highest BCUT2D eigenvalue weighted by atomic mass is 35.5. The van der Waals surface area contributed by atoms with Gasteiger partial charge in [-0.2, -0.15) is 4.72 Å². The number of nitrogens with one attached hydrogen (secondary N) is 2. The standard InChI is InChI=1S/C26H33ClN4O7S3/c1-18-7-9-22(38-2)23(15-18)41(36,37)28-16-19-5-3-13-31(19)25(32)17-30-12-4-6-21(26(30)33)29-40(34,35)14-11-20-8-10-24(27)39-20/h7-11,14-15,19,21,28-29H,3-6,12-13,16-17H2,1-2H3/t19-,21-/m0/s1. The molecular weight excluding hydrogens is 612 g/mol. The molecule has 2 amide bonds. The Morgan fingerprint density at radius 3 is 2.61 bits per heavy atom. The highest BCUT2D eigenvalue weighted by Gasteiger charge is 2.36. The average Bonchev–Trinajstić information content (AvgIpc) is 3.57. The number of hydrogen-bond donors (Lipinski definition) is 2. The van der Waals surface area contributed by atoms with E-state index in [1.807, 2.05) is 0 Å². The van der Waals surface area contributed by atoms with Gasteiger partial charge in [-0.3, -0.25) is 9.59 Å². The Kier molecular flexibility index (Phi) is 10.1. The van der Waals surface area contributed by atoms with E-state index >= 15 is 0 Å². The highest BCUT2D eigenvalue weighted by Crippen LogP contribution is 2.26. The molecule has 0 unspecified atom stereocenters. The number of piperidine rings is 1. The van der Waals surface area contributed by atoms with Crippen LogP contribution >= 0.6 is 22.9 Å². The molecule has 0 bridgehead atoms. The fourth-order valence-electron chi connectivity index (χ4n) is 4.93. The molecule has 2 aliphatic rings. The van der Waals surface area contributed by atoms with E-state index in [0.29, 0.717) is 48.0 Å². The molecule has 224 valence electrons. The van der Waals surface area contributed by atoms with Crippen LogP contribution < -0.4 is 14.2 Å². The third kappa shape index (κ3) is 8.08. The van der Waals surface area contributed by atoms with Crippen molar-refractivity contribution in [1.29, 1.82) is 0 Å². The van der Waals surface area contributed by atoms with Gasteiger partial charge in [0.1, 0.15) is 16.7 Å². The van der Waals surface area contributed by atoms with E-state index in [0.717, 1.165) is 11.0 Å². The number of aryl methyl sites for hydroxylation is 1. The van der Waals surface area contributed by atoms with Crippen LogP contribution in [0.4, 0.5) is 0 Å². The predicted octanol–water partition coefficient (Wildman–Crippen LogP) is 2.57. The average molecular weight is 645 g/mol. The topological polar surface area (TPSA) is 142 Å². The van der Waals surface area contributed by atoms with Gasteiger partial charge >= 0.3 is 0 Å². The molecule has 2 aliphatic heterocycles. The zero-order chi connectivity index (χ0) is 29.8. The number of hydrogen-bond acceptors (Lipinski definition) is 8. The maximum Gasteiger partial charge on any atom is 0.244 e. The lowest BCUT2D eigenvalue weighted by Gasteiger charge is -2.34. The van der Waals surface area contributed by atoms with E-state index in [9.17, 15) is 26.4 Å². The van der Waals surface area contributed by atoms with Gasteiger partial charge in [-0.25, -0.2) is 21.6 Å². The molecule has 2 atom stereocenters. The number of likely N-dealkylation sites (tertiary alicyclic amines) is 2. The van der Waals surface area contributed by atoms with Crippen LogP contribution in [0.3, 0.4) is 0 Å². The molecule has 15 heteroatoms. The molecule has 4 rings (SSSR count). The van der Waals surface area contributed by atoms with Crippen molar-refractivity contribution in [1.82, 2.24) is 19.2 Å². The lowest BCUT2D eigenvalue weighted by atomic mass is 10.1. The van der Waals surface area contributed by atoms with E-state index in [1.54, 1.807) is 36.1 Å². The molecule has 0 saturated carbocycles. The largest absolute Gasteiger partial charge is 0.495 e. The van der Waals surface area contributed by atoms with Crippen molar-refractivity contribution in [2.45, 2.75) is 49.6 Å². The van der Waals surface area contributed by atoms with Crippen LogP contribution in [-0.4, -0.2) is 83.8 Å². The second-order valence-corrected chi connectivity index (χ2v) is 15.0. The van der Waals surface area contributed by atoms with Crippen molar-refractivity contribution in [2.24, 2.45) is 0 Å². The summed E-state index contributed by atoms with van der Waals surface area (Å²) in [4.78, 5) is 30.0. The number of carbonyl (C=O) groups is 2. The molecular formula is C26H33ClN4O7S3. The minimum atomic E-state index is -3.92. The molecule has 2 N–H and O–H groups in total. The summed E-state index contributed by atoms with van der Waals surface area (Å²) in [6.07, 6.45) is 3.56. The summed E-state index contributed by atoms with van der Waals surface area (Å²) in [5.74, 6) is -0.558. The van der Waals surface area contributed by atoms with E-state index < -0.39 is 32.0 Å². The molecule has 1 aromatic carbocycles. The number of carbonyl (C=O) groups excluding carboxylic acids is 2. The minimum absolute atomic E-state index is 0.0172. The second kappa shape index (κ2) is 13.2. The van der Waals surface area contributed by atoms with Gasteiger partial charge in [0.05, 0.1) is 18.0 Å². The number of halogens is 1. The molecule has 1 aromatic heterocycles. The summed E-state index contributed by atoms with van der Waals surface area (Å²) in [5, 5.41) is 0.995. The smallest absolute Gasteiger partial charge is 0.244 e. The lowest BCUT2D eigenvalue weighted by molar-refractivity contribution is -0.143. The summed E-state index contributed by atoms with van der Waals surface area (Å²) in [5.41, 5.74) is 0.763. The van der Waals surface area contributed by atoms with Crippen molar-refractivity contribution in [3.8, 4) is 5.75 Å². The molecule has 3 heterocycles. The van der Waals surface area contributed by atoms with Crippen LogP contribution in [0.5, 0.6) is 5.75 Å². The SMILES string of the molecule is COc1ccc(C)cc1S(=O)(=O)NC[C@@H]1CCCN1C(=O)CN1CCC[C@H](NS(=O)(=O)C=Cc2ccc(Cl)s2)C1=O. The first-order valence-corrected chi connectivity index (χ1v) is 17.3. The van der Waals surface area contributed by atoms with Crippen LogP contribution in [0.15, 0.2) is 40.6 Å². The number of ether oxygens (including phenoxy) is 1. The van der Waals surface area contributed by atoms with Crippen molar-refractivity contribution >= 4 is 60.9 Å². The Morgan fingerprint density at radius 1 is 1.15 bits per heavy atom.